The molecule has 0 aliphatic rings. The number of carbonyl (C=O) groups is 2. The first kappa shape index (κ1) is 15.9. The molecule has 0 fully saturated rings. The molecular weight excluding hydrogens is 285 g/mol. The molecule has 0 saturated heterocycles. The van der Waals surface area contributed by atoms with Gasteiger partial charge >= 0.3 is 7.12 Å². The van der Waals surface area contributed by atoms with E-state index in [4.69, 9.17) is 10.0 Å². The second kappa shape index (κ2) is 6.12. The summed E-state index contributed by atoms with van der Waals surface area (Å²) in [6.45, 7) is 3.73. The van der Waals surface area contributed by atoms with Gasteiger partial charge in [-0.3, -0.25) is 14.9 Å². The van der Waals surface area contributed by atoms with Gasteiger partial charge in [0.15, 0.2) is 0 Å². The third-order valence-corrected chi connectivity index (χ3v) is 3.60. The molecule has 0 atom stereocenters. The first-order valence-electron chi connectivity index (χ1n) is 6.61. The van der Waals surface area contributed by atoms with E-state index < -0.39 is 13.0 Å². The molecule has 22 heavy (non-hydrogen) atoms. The number of hydrogen-bond acceptors (Lipinski definition) is 5. The van der Waals surface area contributed by atoms with E-state index in [0.29, 0.717) is 12.2 Å². The summed E-state index contributed by atoms with van der Waals surface area (Å²) in [5, 5.41) is 21.0. The van der Waals surface area contributed by atoms with Gasteiger partial charge < -0.3 is 14.6 Å². The Kier molecular flexibility index (Phi) is 4.44. The standard InChI is InChI=1S/C14H16BN3O4/c1-8-9(2)18(3)14(16-8)17-13(20)10-4-5-12(15(21)22)11(6-10)7-19/h4-7,21-22H,1-3H3,(H,16,17,20). The van der Waals surface area contributed by atoms with E-state index in [9.17, 15) is 9.59 Å². The van der Waals surface area contributed by atoms with Crippen molar-refractivity contribution in [3.05, 3.63) is 40.7 Å². The molecule has 1 aromatic carbocycles. The third-order valence-electron chi connectivity index (χ3n) is 3.60. The van der Waals surface area contributed by atoms with Crippen LogP contribution >= 0.6 is 0 Å². The molecule has 0 bridgehead atoms. The molecule has 0 spiro atoms. The molecule has 1 amide bonds. The fourth-order valence-electron chi connectivity index (χ4n) is 2.06. The maximum atomic E-state index is 12.2. The molecule has 1 heterocycles. The first-order chi connectivity index (χ1) is 10.3. The van der Waals surface area contributed by atoms with Crippen LogP contribution in [-0.2, 0) is 7.05 Å². The number of nitrogens with one attached hydrogen (secondary N) is 1. The molecule has 3 N–H and O–H groups in total. The number of hydrogen-bond donors (Lipinski definition) is 3. The summed E-state index contributed by atoms with van der Waals surface area (Å²) >= 11 is 0. The fourth-order valence-corrected chi connectivity index (χ4v) is 2.06. The number of aryl methyl sites for hydroxylation is 1. The SMILES string of the molecule is Cc1nc(NC(=O)c2ccc(B(O)O)c(C=O)c2)n(C)c1C. The normalized spacial score (nSPS) is 10.4. The minimum atomic E-state index is -1.77. The van der Waals surface area contributed by atoms with Gasteiger partial charge in [0.05, 0.1) is 5.69 Å². The summed E-state index contributed by atoms with van der Waals surface area (Å²) in [4.78, 5) is 27.5. The number of anilines is 1. The van der Waals surface area contributed by atoms with Gasteiger partial charge in [-0.2, -0.15) is 0 Å². The van der Waals surface area contributed by atoms with E-state index in [1.54, 1.807) is 11.6 Å². The summed E-state index contributed by atoms with van der Waals surface area (Å²) in [5.41, 5.74) is 2.07. The third kappa shape index (κ3) is 2.93. The number of amides is 1. The van der Waals surface area contributed by atoms with Crippen molar-refractivity contribution in [2.75, 3.05) is 5.32 Å². The van der Waals surface area contributed by atoms with E-state index in [0.717, 1.165) is 11.4 Å². The Morgan fingerprint density at radius 1 is 1.36 bits per heavy atom. The lowest BCUT2D eigenvalue weighted by Crippen LogP contribution is -2.33. The van der Waals surface area contributed by atoms with Crippen LogP contribution < -0.4 is 10.8 Å². The average Bonchev–Trinajstić information content (AvgIpc) is 2.73. The lowest BCUT2D eigenvalue weighted by Gasteiger charge is -2.08. The molecule has 0 aliphatic carbocycles. The van der Waals surface area contributed by atoms with Gasteiger partial charge in [0, 0.05) is 23.9 Å². The van der Waals surface area contributed by atoms with Crippen LogP contribution in [0.25, 0.3) is 0 Å². The Hall–Kier alpha value is -2.45. The van der Waals surface area contributed by atoms with E-state index in [-0.39, 0.29) is 16.6 Å². The second-order valence-corrected chi connectivity index (χ2v) is 4.95. The highest BCUT2D eigenvalue weighted by Crippen LogP contribution is 2.13. The molecule has 0 aliphatic heterocycles. The molecule has 0 saturated carbocycles. The number of benzene rings is 1. The zero-order chi connectivity index (χ0) is 16.4. The summed E-state index contributed by atoms with van der Waals surface area (Å²) in [6.07, 6.45) is 0.473. The van der Waals surface area contributed by atoms with Crippen molar-refractivity contribution in [2.45, 2.75) is 13.8 Å². The summed E-state index contributed by atoms with van der Waals surface area (Å²) in [5.74, 6) is -0.0332. The minimum absolute atomic E-state index is 0.0508. The van der Waals surface area contributed by atoms with Gasteiger partial charge in [-0.25, -0.2) is 4.98 Å². The lowest BCUT2D eigenvalue weighted by atomic mass is 9.77. The molecule has 0 radical (unpaired) electrons. The maximum Gasteiger partial charge on any atom is 0.489 e. The average molecular weight is 301 g/mol. The van der Waals surface area contributed by atoms with Crippen LogP contribution in [0.3, 0.4) is 0 Å². The number of imidazole rings is 1. The van der Waals surface area contributed by atoms with Gasteiger partial charge in [0.25, 0.3) is 5.91 Å². The molecule has 8 heteroatoms. The highest BCUT2D eigenvalue weighted by Gasteiger charge is 2.18. The summed E-state index contributed by atoms with van der Waals surface area (Å²) in [6, 6.07) is 4.05. The van der Waals surface area contributed by atoms with Crippen LogP contribution in [-0.4, -0.2) is 38.9 Å². The van der Waals surface area contributed by atoms with Crippen LogP contribution in [0, 0.1) is 13.8 Å². The smallest absolute Gasteiger partial charge is 0.423 e. The van der Waals surface area contributed by atoms with Crippen molar-refractivity contribution in [1.29, 1.82) is 0 Å². The van der Waals surface area contributed by atoms with Gasteiger partial charge in [-0.1, -0.05) is 6.07 Å². The number of aromatic nitrogens is 2. The van der Waals surface area contributed by atoms with Crippen molar-refractivity contribution in [3.63, 3.8) is 0 Å². The van der Waals surface area contributed by atoms with Crippen LogP contribution in [0.1, 0.15) is 32.1 Å². The quantitative estimate of drug-likeness (QED) is 0.535. The van der Waals surface area contributed by atoms with Crippen LogP contribution in [0.15, 0.2) is 18.2 Å². The predicted octanol–water partition coefficient (Wildman–Crippen LogP) is -0.218. The zero-order valence-corrected chi connectivity index (χ0v) is 12.5. The monoisotopic (exact) mass is 301 g/mol. The van der Waals surface area contributed by atoms with Crippen molar-refractivity contribution >= 4 is 30.7 Å². The molecular formula is C14H16BN3O4. The zero-order valence-electron chi connectivity index (χ0n) is 12.5. The Morgan fingerprint density at radius 3 is 2.55 bits per heavy atom. The summed E-state index contributed by atoms with van der Waals surface area (Å²) < 4.78 is 1.75. The maximum absolute atomic E-state index is 12.2. The van der Waals surface area contributed by atoms with Crippen molar-refractivity contribution in [1.82, 2.24) is 9.55 Å². The molecule has 0 unspecified atom stereocenters. The topological polar surface area (TPSA) is 104 Å². The molecule has 114 valence electrons. The second-order valence-electron chi connectivity index (χ2n) is 4.95. The minimum Gasteiger partial charge on any atom is -0.423 e. The lowest BCUT2D eigenvalue weighted by molar-refractivity contribution is 0.102. The largest absolute Gasteiger partial charge is 0.489 e. The summed E-state index contributed by atoms with van der Waals surface area (Å²) in [7, 11) is 0.0182. The molecule has 2 rings (SSSR count). The predicted molar refractivity (Wildman–Crippen MR) is 82.3 cm³/mol. The van der Waals surface area contributed by atoms with Crippen molar-refractivity contribution in [2.24, 2.45) is 7.05 Å². The Bertz CT molecular complexity index is 740. The Balaban J connectivity index is 2.30. The van der Waals surface area contributed by atoms with E-state index in [2.05, 4.69) is 10.3 Å². The van der Waals surface area contributed by atoms with Gasteiger partial charge in [-0.05, 0) is 31.4 Å². The van der Waals surface area contributed by atoms with Crippen LogP contribution in [0.2, 0.25) is 0 Å². The highest BCUT2D eigenvalue weighted by atomic mass is 16.4. The number of rotatable bonds is 4. The van der Waals surface area contributed by atoms with Crippen molar-refractivity contribution in [3.8, 4) is 0 Å². The molecule has 7 nitrogen and oxygen atoms in total. The van der Waals surface area contributed by atoms with Gasteiger partial charge in [0.2, 0.25) is 5.95 Å². The number of nitrogens with zero attached hydrogens (tertiary/aromatic N) is 2. The van der Waals surface area contributed by atoms with E-state index in [1.165, 1.54) is 18.2 Å². The molecule has 1 aromatic heterocycles. The Labute approximate surface area is 127 Å². The first-order valence-corrected chi connectivity index (χ1v) is 6.61. The van der Waals surface area contributed by atoms with Crippen LogP contribution in [0.5, 0.6) is 0 Å². The molecule has 2 aromatic rings. The van der Waals surface area contributed by atoms with Gasteiger partial charge in [0.1, 0.15) is 6.29 Å². The number of aldehydes is 1. The Morgan fingerprint density at radius 2 is 2.05 bits per heavy atom. The van der Waals surface area contributed by atoms with Crippen LogP contribution in [0.4, 0.5) is 5.95 Å². The van der Waals surface area contributed by atoms with E-state index in [1.807, 2.05) is 13.8 Å². The van der Waals surface area contributed by atoms with E-state index >= 15 is 0 Å². The van der Waals surface area contributed by atoms with Crippen molar-refractivity contribution < 1.29 is 19.6 Å². The number of carbonyl (C=O) groups excluding carboxylic acids is 2. The van der Waals surface area contributed by atoms with Gasteiger partial charge in [-0.15, -0.1) is 0 Å². The highest BCUT2D eigenvalue weighted by molar-refractivity contribution is 6.60. The fraction of sp³-hybridized carbons (Fsp3) is 0.214.